The van der Waals surface area contributed by atoms with E-state index < -0.39 is 5.97 Å². The van der Waals surface area contributed by atoms with Gasteiger partial charge < -0.3 is 9.84 Å². The van der Waals surface area contributed by atoms with Crippen molar-refractivity contribution in [2.75, 3.05) is 7.11 Å². The van der Waals surface area contributed by atoms with Crippen LogP contribution in [0.15, 0.2) is 12.1 Å². The molecule has 0 spiro atoms. The molecular weight excluding hydrogens is 228 g/mol. The monoisotopic (exact) mass is 250 g/mol. The quantitative estimate of drug-likeness (QED) is 0.870. The molecule has 1 aromatic carbocycles. The van der Waals surface area contributed by atoms with Crippen molar-refractivity contribution < 1.29 is 14.6 Å². The highest BCUT2D eigenvalue weighted by atomic mass is 16.5. The average Bonchev–Trinajstić information content (AvgIpc) is 2.29. The van der Waals surface area contributed by atoms with Gasteiger partial charge in [-0.05, 0) is 48.4 Å². The molecule has 0 amide bonds. The van der Waals surface area contributed by atoms with Crippen LogP contribution in [0.2, 0.25) is 0 Å². The van der Waals surface area contributed by atoms with Crippen LogP contribution >= 0.6 is 0 Å². The number of aryl methyl sites for hydroxylation is 2. The van der Waals surface area contributed by atoms with Gasteiger partial charge in [0.15, 0.2) is 0 Å². The lowest BCUT2D eigenvalue weighted by atomic mass is 9.78. The fourth-order valence-electron chi connectivity index (χ4n) is 2.29. The number of carbonyl (C=O) groups is 1. The van der Waals surface area contributed by atoms with Crippen LogP contribution in [-0.2, 0) is 10.2 Å². The Morgan fingerprint density at radius 3 is 2.39 bits per heavy atom. The molecule has 0 heterocycles. The van der Waals surface area contributed by atoms with E-state index in [1.54, 1.807) is 7.11 Å². The third-order valence-corrected chi connectivity index (χ3v) is 3.43. The molecule has 0 saturated carbocycles. The van der Waals surface area contributed by atoms with Gasteiger partial charge in [-0.25, -0.2) is 0 Å². The molecule has 3 heteroatoms. The van der Waals surface area contributed by atoms with Crippen molar-refractivity contribution in [3.05, 3.63) is 28.8 Å². The minimum absolute atomic E-state index is 0.139. The standard InChI is InChI=1S/C15H22O3/c1-10-9-13(18-5)11(2)8-12(10)15(3,4)7-6-14(16)17/h8-9H,6-7H2,1-5H3,(H,16,17). The predicted molar refractivity (Wildman–Crippen MR) is 72.4 cm³/mol. The molecular formula is C15H22O3. The average molecular weight is 250 g/mol. The first-order valence-electron chi connectivity index (χ1n) is 6.15. The fraction of sp³-hybridized carbons (Fsp3) is 0.533. The second-order valence-corrected chi connectivity index (χ2v) is 5.41. The molecule has 1 N–H and O–H groups in total. The SMILES string of the molecule is COc1cc(C)c(C(C)(C)CCC(=O)O)cc1C. The van der Waals surface area contributed by atoms with E-state index in [1.165, 1.54) is 5.56 Å². The lowest BCUT2D eigenvalue weighted by Gasteiger charge is -2.27. The van der Waals surface area contributed by atoms with Crippen LogP contribution in [0.5, 0.6) is 5.75 Å². The summed E-state index contributed by atoms with van der Waals surface area (Å²) in [5.74, 6) is 0.135. The summed E-state index contributed by atoms with van der Waals surface area (Å²) in [7, 11) is 1.66. The first-order chi connectivity index (χ1) is 8.27. The Morgan fingerprint density at radius 1 is 1.28 bits per heavy atom. The largest absolute Gasteiger partial charge is 0.496 e. The number of hydrogen-bond donors (Lipinski definition) is 1. The van der Waals surface area contributed by atoms with Crippen LogP contribution in [0.4, 0.5) is 0 Å². The van der Waals surface area contributed by atoms with Gasteiger partial charge in [-0.2, -0.15) is 0 Å². The Hall–Kier alpha value is -1.51. The first kappa shape index (κ1) is 14.6. The summed E-state index contributed by atoms with van der Waals surface area (Å²) in [6, 6.07) is 4.13. The zero-order valence-electron chi connectivity index (χ0n) is 11.8. The third kappa shape index (κ3) is 3.25. The summed E-state index contributed by atoms with van der Waals surface area (Å²) in [6.45, 7) is 8.23. The first-order valence-corrected chi connectivity index (χ1v) is 6.15. The number of methoxy groups -OCH3 is 1. The molecule has 0 bridgehead atoms. The molecule has 0 radical (unpaired) electrons. The van der Waals surface area contributed by atoms with Crippen LogP contribution < -0.4 is 4.74 Å². The number of carboxylic acids is 1. The van der Waals surface area contributed by atoms with Crippen LogP contribution in [0.3, 0.4) is 0 Å². The number of ether oxygens (including phenoxy) is 1. The topological polar surface area (TPSA) is 46.5 Å². The smallest absolute Gasteiger partial charge is 0.303 e. The summed E-state index contributed by atoms with van der Waals surface area (Å²) < 4.78 is 5.30. The number of rotatable bonds is 5. The molecule has 1 rings (SSSR count). The Labute approximate surface area is 109 Å². The number of benzene rings is 1. The van der Waals surface area contributed by atoms with E-state index in [4.69, 9.17) is 9.84 Å². The summed E-state index contributed by atoms with van der Waals surface area (Å²) in [5.41, 5.74) is 3.29. The van der Waals surface area contributed by atoms with Gasteiger partial charge in [0.1, 0.15) is 5.75 Å². The molecule has 0 fully saturated rings. The van der Waals surface area contributed by atoms with Crippen molar-refractivity contribution in [1.29, 1.82) is 0 Å². The molecule has 0 atom stereocenters. The highest BCUT2D eigenvalue weighted by Gasteiger charge is 2.24. The molecule has 1 aromatic rings. The fourth-order valence-corrected chi connectivity index (χ4v) is 2.29. The highest BCUT2D eigenvalue weighted by molar-refractivity contribution is 5.66. The van der Waals surface area contributed by atoms with Gasteiger partial charge in [0.05, 0.1) is 7.11 Å². The molecule has 0 aliphatic rings. The number of aliphatic carboxylic acids is 1. The highest BCUT2D eigenvalue weighted by Crippen LogP contribution is 2.34. The lowest BCUT2D eigenvalue weighted by molar-refractivity contribution is -0.137. The van der Waals surface area contributed by atoms with Crippen molar-refractivity contribution in [2.24, 2.45) is 0 Å². The molecule has 18 heavy (non-hydrogen) atoms. The Bertz CT molecular complexity index is 447. The maximum atomic E-state index is 10.7. The van der Waals surface area contributed by atoms with E-state index >= 15 is 0 Å². The summed E-state index contributed by atoms with van der Waals surface area (Å²) >= 11 is 0. The molecule has 0 aromatic heterocycles. The van der Waals surface area contributed by atoms with Crippen LogP contribution in [0.25, 0.3) is 0 Å². The van der Waals surface area contributed by atoms with Crippen molar-refractivity contribution in [3.8, 4) is 5.75 Å². The maximum Gasteiger partial charge on any atom is 0.303 e. The molecule has 3 nitrogen and oxygen atoms in total. The van der Waals surface area contributed by atoms with Gasteiger partial charge in [-0.1, -0.05) is 19.9 Å². The van der Waals surface area contributed by atoms with E-state index in [9.17, 15) is 4.79 Å². The third-order valence-electron chi connectivity index (χ3n) is 3.43. The van der Waals surface area contributed by atoms with Crippen molar-refractivity contribution in [2.45, 2.75) is 46.0 Å². The summed E-state index contributed by atoms with van der Waals surface area (Å²) in [6.07, 6.45) is 0.826. The zero-order chi connectivity index (χ0) is 13.9. The Morgan fingerprint density at radius 2 is 1.89 bits per heavy atom. The Kier molecular flexibility index (Phi) is 4.38. The van der Waals surface area contributed by atoms with Gasteiger partial charge >= 0.3 is 5.97 Å². The molecule has 100 valence electrons. The zero-order valence-corrected chi connectivity index (χ0v) is 11.8. The van der Waals surface area contributed by atoms with Gasteiger partial charge in [0, 0.05) is 6.42 Å². The van der Waals surface area contributed by atoms with E-state index in [1.807, 2.05) is 19.9 Å². The van der Waals surface area contributed by atoms with Gasteiger partial charge in [-0.15, -0.1) is 0 Å². The molecule has 0 aliphatic heterocycles. The summed E-state index contributed by atoms with van der Waals surface area (Å²) in [4.78, 5) is 10.7. The number of hydrogen-bond acceptors (Lipinski definition) is 2. The number of carboxylic acid groups (broad SMARTS) is 1. The van der Waals surface area contributed by atoms with Crippen LogP contribution in [0.1, 0.15) is 43.4 Å². The predicted octanol–water partition coefficient (Wildman–Crippen LogP) is 3.45. The normalized spacial score (nSPS) is 11.4. The van der Waals surface area contributed by atoms with E-state index in [0.29, 0.717) is 6.42 Å². The molecule has 0 unspecified atom stereocenters. The van der Waals surface area contributed by atoms with E-state index in [-0.39, 0.29) is 11.8 Å². The minimum Gasteiger partial charge on any atom is -0.496 e. The van der Waals surface area contributed by atoms with Crippen LogP contribution in [0, 0.1) is 13.8 Å². The van der Waals surface area contributed by atoms with Crippen molar-refractivity contribution in [1.82, 2.24) is 0 Å². The van der Waals surface area contributed by atoms with E-state index in [2.05, 4.69) is 19.9 Å². The lowest BCUT2D eigenvalue weighted by Crippen LogP contribution is -2.20. The van der Waals surface area contributed by atoms with Crippen molar-refractivity contribution in [3.63, 3.8) is 0 Å². The van der Waals surface area contributed by atoms with Gasteiger partial charge in [-0.3, -0.25) is 4.79 Å². The Balaban J connectivity index is 3.08. The van der Waals surface area contributed by atoms with Crippen LogP contribution in [-0.4, -0.2) is 18.2 Å². The van der Waals surface area contributed by atoms with Gasteiger partial charge in [0.25, 0.3) is 0 Å². The molecule has 0 aliphatic carbocycles. The summed E-state index contributed by atoms with van der Waals surface area (Å²) in [5, 5.41) is 8.81. The maximum absolute atomic E-state index is 10.7. The minimum atomic E-state index is -0.744. The van der Waals surface area contributed by atoms with E-state index in [0.717, 1.165) is 16.9 Å². The second-order valence-electron chi connectivity index (χ2n) is 5.41. The van der Waals surface area contributed by atoms with Crippen molar-refractivity contribution >= 4 is 5.97 Å². The van der Waals surface area contributed by atoms with Gasteiger partial charge in [0.2, 0.25) is 0 Å². The second kappa shape index (κ2) is 5.42. The molecule has 0 saturated heterocycles.